The molecule has 2 aromatic carbocycles. The molecular weight excluding hydrogens is 401 g/mol. The van der Waals surface area contributed by atoms with E-state index in [9.17, 15) is 13.2 Å². The van der Waals surface area contributed by atoms with Gasteiger partial charge in [0.25, 0.3) is 0 Å². The summed E-state index contributed by atoms with van der Waals surface area (Å²) in [4.78, 5) is 8.61. The molecule has 0 amide bonds. The summed E-state index contributed by atoms with van der Waals surface area (Å²) in [7, 11) is -0.115. The van der Waals surface area contributed by atoms with Crippen LogP contribution in [0.15, 0.2) is 41.0 Å². The number of ether oxygens (including phenoxy) is 1. The molecule has 5 nitrogen and oxygen atoms in total. The lowest BCUT2D eigenvalue weighted by atomic mass is 10.1. The van der Waals surface area contributed by atoms with Gasteiger partial charge in [0.1, 0.15) is 37.1 Å². The van der Waals surface area contributed by atoms with Crippen LogP contribution in [-0.2, 0) is 10.7 Å². The SMILES string of the molecule is Cc1cc(N=S(C)C)cc2ncnc(Nc3ccc(F)cc3OC(CF)CF)c12. The molecule has 0 fully saturated rings. The highest BCUT2D eigenvalue weighted by Gasteiger charge is 2.16. The first-order valence-corrected chi connectivity index (χ1v) is 10.8. The molecule has 0 saturated carbocycles. The molecule has 0 saturated heterocycles. The number of benzene rings is 2. The zero-order valence-corrected chi connectivity index (χ0v) is 17.1. The Morgan fingerprint density at radius 2 is 1.90 bits per heavy atom. The van der Waals surface area contributed by atoms with Gasteiger partial charge in [-0.2, -0.15) is 0 Å². The van der Waals surface area contributed by atoms with Crippen LogP contribution in [-0.4, -0.2) is 41.9 Å². The van der Waals surface area contributed by atoms with E-state index in [-0.39, 0.29) is 16.4 Å². The Morgan fingerprint density at radius 3 is 2.59 bits per heavy atom. The highest BCUT2D eigenvalue weighted by Crippen LogP contribution is 2.34. The van der Waals surface area contributed by atoms with Crippen LogP contribution in [0.1, 0.15) is 5.56 Å². The number of hydrogen-bond acceptors (Lipinski definition) is 5. The van der Waals surface area contributed by atoms with E-state index in [1.165, 1.54) is 18.5 Å². The summed E-state index contributed by atoms with van der Waals surface area (Å²) in [6, 6.07) is 7.55. The fraction of sp³-hybridized carbons (Fsp3) is 0.300. The molecule has 0 bridgehead atoms. The lowest BCUT2D eigenvalue weighted by Gasteiger charge is -2.18. The lowest BCUT2D eigenvalue weighted by molar-refractivity contribution is 0.134. The van der Waals surface area contributed by atoms with Crippen molar-refractivity contribution in [3.63, 3.8) is 0 Å². The Bertz CT molecular complexity index is 1050. The highest BCUT2D eigenvalue weighted by molar-refractivity contribution is 7.85. The minimum absolute atomic E-state index is 0.00217. The Labute approximate surface area is 169 Å². The van der Waals surface area contributed by atoms with Gasteiger partial charge >= 0.3 is 0 Å². The van der Waals surface area contributed by atoms with Crippen LogP contribution >= 0.6 is 0 Å². The fourth-order valence-electron chi connectivity index (χ4n) is 2.84. The van der Waals surface area contributed by atoms with Crippen molar-refractivity contribution in [1.82, 2.24) is 9.97 Å². The van der Waals surface area contributed by atoms with Gasteiger partial charge in [-0.15, -0.1) is 10.7 Å². The van der Waals surface area contributed by atoms with Gasteiger partial charge in [-0.05, 0) is 49.3 Å². The average molecular weight is 422 g/mol. The summed E-state index contributed by atoms with van der Waals surface area (Å²) < 4.78 is 49.3. The number of nitrogens with zero attached hydrogens (tertiary/aromatic N) is 3. The molecule has 0 radical (unpaired) electrons. The van der Waals surface area contributed by atoms with E-state index in [2.05, 4.69) is 19.6 Å². The number of fused-ring (bicyclic) bond motifs is 1. The van der Waals surface area contributed by atoms with Gasteiger partial charge in [0.05, 0.1) is 16.9 Å². The standard InChI is InChI=1S/C20H21F3N4OS/c1-12-6-14(27-29(2)3)8-17-19(12)20(25-11-24-17)26-16-5-4-13(23)7-18(16)28-15(9-21)10-22/h4-8,11,15H,9-10H2,1-3H3,(H,24,25,26). The van der Waals surface area contributed by atoms with Crippen molar-refractivity contribution in [3.8, 4) is 5.75 Å². The molecule has 0 unspecified atom stereocenters. The zero-order valence-electron chi connectivity index (χ0n) is 16.2. The molecule has 0 aliphatic rings. The molecule has 3 rings (SSSR count). The summed E-state index contributed by atoms with van der Waals surface area (Å²) in [5.74, 6) is -0.103. The number of nitrogens with one attached hydrogen (secondary N) is 1. The molecule has 0 atom stereocenters. The maximum absolute atomic E-state index is 13.7. The van der Waals surface area contributed by atoms with Gasteiger partial charge in [0, 0.05) is 11.5 Å². The monoisotopic (exact) mass is 422 g/mol. The predicted molar refractivity (Wildman–Crippen MR) is 112 cm³/mol. The molecule has 154 valence electrons. The van der Waals surface area contributed by atoms with E-state index in [0.717, 1.165) is 22.7 Å². The number of aromatic nitrogens is 2. The van der Waals surface area contributed by atoms with E-state index in [0.29, 0.717) is 17.0 Å². The number of aryl methyl sites for hydroxylation is 1. The normalized spacial score (nSPS) is 11.3. The number of hydrogen-bond donors (Lipinski definition) is 1. The van der Waals surface area contributed by atoms with Crippen molar-refractivity contribution < 1.29 is 17.9 Å². The van der Waals surface area contributed by atoms with Crippen LogP contribution in [0.25, 0.3) is 10.9 Å². The van der Waals surface area contributed by atoms with E-state index in [1.807, 2.05) is 31.6 Å². The third-order valence-electron chi connectivity index (χ3n) is 4.04. The Morgan fingerprint density at radius 1 is 1.14 bits per heavy atom. The van der Waals surface area contributed by atoms with Crippen molar-refractivity contribution >= 4 is 38.8 Å². The van der Waals surface area contributed by atoms with Crippen LogP contribution in [0.2, 0.25) is 0 Å². The first-order chi connectivity index (χ1) is 13.9. The van der Waals surface area contributed by atoms with Crippen molar-refractivity contribution in [2.24, 2.45) is 4.36 Å². The molecule has 1 heterocycles. The summed E-state index contributed by atoms with van der Waals surface area (Å²) in [5, 5.41) is 3.85. The van der Waals surface area contributed by atoms with Gasteiger partial charge in [0.2, 0.25) is 0 Å². The van der Waals surface area contributed by atoms with Crippen LogP contribution in [0, 0.1) is 12.7 Å². The Kier molecular flexibility index (Phi) is 6.68. The van der Waals surface area contributed by atoms with Crippen molar-refractivity contribution in [1.29, 1.82) is 0 Å². The minimum atomic E-state index is -1.30. The molecule has 29 heavy (non-hydrogen) atoms. The van der Waals surface area contributed by atoms with Gasteiger partial charge < -0.3 is 10.1 Å². The molecule has 0 spiro atoms. The van der Waals surface area contributed by atoms with E-state index >= 15 is 0 Å². The third kappa shape index (κ3) is 5.03. The largest absolute Gasteiger partial charge is 0.483 e. The summed E-state index contributed by atoms with van der Waals surface area (Å²) >= 11 is 0. The second-order valence-corrected chi connectivity index (χ2v) is 8.29. The molecule has 1 N–H and O–H groups in total. The second kappa shape index (κ2) is 9.21. The lowest BCUT2D eigenvalue weighted by Crippen LogP contribution is -2.21. The molecule has 3 aromatic rings. The number of alkyl halides is 2. The first kappa shape index (κ1) is 21.0. The van der Waals surface area contributed by atoms with Crippen LogP contribution in [0.5, 0.6) is 5.75 Å². The highest BCUT2D eigenvalue weighted by atomic mass is 32.2. The maximum Gasteiger partial charge on any atom is 0.155 e. The summed E-state index contributed by atoms with van der Waals surface area (Å²) in [6.45, 7) is -0.126. The summed E-state index contributed by atoms with van der Waals surface area (Å²) in [5.41, 5.74) is 2.77. The number of anilines is 2. The Balaban J connectivity index is 2.04. The molecule has 0 aliphatic heterocycles. The van der Waals surface area contributed by atoms with Crippen molar-refractivity contribution in [3.05, 3.63) is 48.0 Å². The summed E-state index contributed by atoms with van der Waals surface area (Å²) in [6.07, 6.45) is 4.14. The third-order valence-corrected chi connectivity index (χ3v) is 4.62. The molecule has 1 aromatic heterocycles. The van der Waals surface area contributed by atoms with Gasteiger partial charge in [-0.25, -0.2) is 27.5 Å². The zero-order chi connectivity index (χ0) is 21.0. The maximum atomic E-state index is 13.7. The van der Waals surface area contributed by atoms with E-state index in [1.54, 1.807) is 0 Å². The molecule has 0 aliphatic carbocycles. The molecule has 9 heteroatoms. The van der Waals surface area contributed by atoms with Crippen LogP contribution in [0.3, 0.4) is 0 Å². The predicted octanol–water partition coefficient (Wildman–Crippen LogP) is 5.20. The van der Waals surface area contributed by atoms with Crippen LogP contribution < -0.4 is 10.1 Å². The van der Waals surface area contributed by atoms with Crippen molar-refractivity contribution in [2.75, 3.05) is 31.2 Å². The number of rotatable bonds is 7. The number of halogens is 3. The van der Waals surface area contributed by atoms with Crippen LogP contribution in [0.4, 0.5) is 30.4 Å². The first-order valence-electron chi connectivity index (χ1n) is 8.81. The minimum Gasteiger partial charge on any atom is -0.483 e. The Hall–Kier alpha value is -2.68. The van der Waals surface area contributed by atoms with E-state index < -0.39 is 25.3 Å². The smallest absolute Gasteiger partial charge is 0.155 e. The second-order valence-electron chi connectivity index (χ2n) is 6.56. The quantitative estimate of drug-likeness (QED) is 0.569. The topological polar surface area (TPSA) is 59.4 Å². The van der Waals surface area contributed by atoms with E-state index in [4.69, 9.17) is 4.74 Å². The average Bonchev–Trinajstić information content (AvgIpc) is 2.67. The molecular formula is C20H21F3N4OS. The van der Waals surface area contributed by atoms with Gasteiger partial charge in [-0.1, -0.05) is 0 Å². The van der Waals surface area contributed by atoms with Gasteiger partial charge in [-0.3, -0.25) is 0 Å². The van der Waals surface area contributed by atoms with Gasteiger partial charge in [0.15, 0.2) is 6.10 Å². The van der Waals surface area contributed by atoms with Crippen molar-refractivity contribution in [2.45, 2.75) is 13.0 Å². The fourth-order valence-corrected chi connectivity index (χ4v) is 3.37.